The summed E-state index contributed by atoms with van der Waals surface area (Å²) >= 11 is 0. The normalized spacial score (nSPS) is 11.1. The molecule has 0 aliphatic carbocycles. The molecular weight excluding hydrogens is 349 g/mol. The smallest absolute Gasteiger partial charge is 0.416 e. The molecule has 0 saturated carbocycles. The Kier molecular flexibility index (Phi) is 6.49. The van der Waals surface area contributed by atoms with Gasteiger partial charge in [0.2, 0.25) is 0 Å². The molecule has 0 aliphatic rings. The molecule has 0 bridgehead atoms. The molecule has 0 aliphatic heterocycles. The SMILES string of the molecule is COc1cccc(CCC(=O)OCc2ccc(C(F)(F)F)cc2)c1OC. The van der Waals surface area contributed by atoms with Crippen LogP contribution in [0, 0.1) is 0 Å². The van der Waals surface area contributed by atoms with E-state index in [-0.39, 0.29) is 13.0 Å². The van der Waals surface area contributed by atoms with Crippen LogP contribution in [-0.2, 0) is 28.7 Å². The summed E-state index contributed by atoms with van der Waals surface area (Å²) in [6.45, 7) is -0.0772. The molecule has 2 aromatic carbocycles. The maximum Gasteiger partial charge on any atom is 0.416 e. The minimum atomic E-state index is -4.38. The molecule has 0 N–H and O–H groups in total. The maximum absolute atomic E-state index is 12.5. The molecule has 0 radical (unpaired) electrons. The quantitative estimate of drug-likeness (QED) is 0.680. The summed E-state index contributed by atoms with van der Waals surface area (Å²) in [6.07, 6.45) is -3.87. The van der Waals surface area contributed by atoms with Crippen molar-refractivity contribution in [3.63, 3.8) is 0 Å². The van der Waals surface area contributed by atoms with Crippen LogP contribution in [0.4, 0.5) is 13.2 Å². The van der Waals surface area contributed by atoms with Gasteiger partial charge in [-0.25, -0.2) is 0 Å². The van der Waals surface area contributed by atoms with Crippen LogP contribution in [0.15, 0.2) is 42.5 Å². The van der Waals surface area contributed by atoms with E-state index in [1.54, 1.807) is 12.1 Å². The number of rotatable bonds is 7. The van der Waals surface area contributed by atoms with Crippen LogP contribution in [0.5, 0.6) is 11.5 Å². The summed E-state index contributed by atoms with van der Waals surface area (Å²) < 4.78 is 53.1. The van der Waals surface area contributed by atoms with Crippen molar-refractivity contribution in [1.29, 1.82) is 0 Å². The Labute approximate surface area is 149 Å². The lowest BCUT2D eigenvalue weighted by atomic mass is 10.1. The molecule has 0 heterocycles. The average molecular weight is 368 g/mol. The zero-order valence-electron chi connectivity index (χ0n) is 14.4. The zero-order valence-corrected chi connectivity index (χ0v) is 14.4. The van der Waals surface area contributed by atoms with Gasteiger partial charge < -0.3 is 14.2 Å². The van der Waals surface area contributed by atoms with Crippen molar-refractivity contribution in [2.24, 2.45) is 0 Å². The van der Waals surface area contributed by atoms with Gasteiger partial charge in [-0.1, -0.05) is 24.3 Å². The highest BCUT2D eigenvalue weighted by Gasteiger charge is 2.29. The first kappa shape index (κ1) is 19.6. The fourth-order valence-electron chi connectivity index (χ4n) is 2.41. The predicted molar refractivity (Wildman–Crippen MR) is 89.1 cm³/mol. The van der Waals surface area contributed by atoms with E-state index in [0.717, 1.165) is 17.7 Å². The lowest BCUT2D eigenvalue weighted by Crippen LogP contribution is -2.08. The molecule has 2 aromatic rings. The number of aryl methyl sites for hydroxylation is 1. The number of alkyl halides is 3. The summed E-state index contributed by atoms with van der Waals surface area (Å²) in [4.78, 5) is 11.9. The highest BCUT2D eigenvalue weighted by molar-refractivity contribution is 5.70. The number of carbonyl (C=O) groups excluding carboxylic acids is 1. The Morgan fingerprint density at radius 3 is 2.27 bits per heavy atom. The zero-order chi connectivity index (χ0) is 19.2. The lowest BCUT2D eigenvalue weighted by Gasteiger charge is -2.12. The van der Waals surface area contributed by atoms with E-state index in [0.29, 0.717) is 23.5 Å². The van der Waals surface area contributed by atoms with Crippen molar-refractivity contribution in [3.05, 3.63) is 59.2 Å². The van der Waals surface area contributed by atoms with E-state index in [2.05, 4.69) is 0 Å². The molecule has 2 rings (SSSR count). The van der Waals surface area contributed by atoms with Crippen LogP contribution >= 0.6 is 0 Å². The third-order valence-electron chi connectivity index (χ3n) is 3.76. The van der Waals surface area contributed by atoms with Crippen LogP contribution in [0.25, 0.3) is 0 Å². The van der Waals surface area contributed by atoms with Gasteiger partial charge in [-0.05, 0) is 35.7 Å². The van der Waals surface area contributed by atoms with Crippen molar-refractivity contribution in [3.8, 4) is 11.5 Å². The van der Waals surface area contributed by atoms with Crippen LogP contribution in [0.3, 0.4) is 0 Å². The van der Waals surface area contributed by atoms with E-state index >= 15 is 0 Å². The van der Waals surface area contributed by atoms with Crippen molar-refractivity contribution >= 4 is 5.97 Å². The Balaban J connectivity index is 1.88. The van der Waals surface area contributed by atoms with Crippen LogP contribution in [-0.4, -0.2) is 20.2 Å². The molecule has 0 atom stereocenters. The molecule has 0 unspecified atom stereocenters. The minimum Gasteiger partial charge on any atom is -0.493 e. The first-order chi connectivity index (χ1) is 12.3. The van der Waals surface area contributed by atoms with E-state index < -0.39 is 17.7 Å². The summed E-state index contributed by atoms with van der Waals surface area (Å²) in [5.74, 6) is 0.684. The molecule has 4 nitrogen and oxygen atoms in total. The molecule has 7 heteroatoms. The van der Waals surface area contributed by atoms with Crippen LogP contribution < -0.4 is 9.47 Å². The highest BCUT2D eigenvalue weighted by Crippen LogP contribution is 2.31. The summed E-state index contributed by atoms with van der Waals surface area (Å²) in [5.41, 5.74) is 0.557. The third kappa shape index (κ3) is 5.15. The van der Waals surface area contributed by atoms with Crippen LogP contribution in [0.1, 0.15) is 23.1 Å². The van der Waals surface area contributed by atoms with Gasteiger partial charge in [0.1, 0.15) is 6.61 Å². The fraction of sp³-hybridized carbons (Fsp3) is 0.316. The van der Waals surface area contributed by atoms with Crippen molar-refractivity contribution in [2.75, 3.05) is 14.2 Å². The maximum atomic E-state index is 12.5. The van der Waals surface area contributed by atoms with Gasteiger partial charge in [0.15, 0.2) is 11.5 Å². The van der Waals surface area contributed by atoms with Gasteiger partial charge in [-0.3, -0.25) is 4.79 Å². The number of esters is 1. The van der Waals surface area contributed by atoms with Crippen molar-refractivity contribution in [2.45, 2.75) is 25.6 Å². The fourth-order valence-corrected chi connectivity index (χ4v) is 2.41. The Morgan fingerprint density at radius 1 is 1.00 bits per heavy atom. The molecule has 0 aromatic heterocycles. The number of para-hydroxylation sites is 1. The van der Waals surface area contributed by atoms with E-state index in [4.69, 9.17) is 14.2 Å². The van der Waals surface area contributed by atoms with Gasteiger partial charge in [0, 0.05) is 6.42 Å². The van der Waals surface area contributed by atoms with Gasteiger partial charge in [0.25, 0.3) is 0 Å². The summed E-state index contributed by atoms with van der Waals surface area (Å²) in [7, 11) is 3.05. The van der Waals surface area contributed by atoms with Gasteiger partial charge in [-0.15, -0.1) is 0 Å². The number of hydrogen-bond acceptors (Lipinski definition) is 4. The number of methoxy groups -OCH3 is 2. The molecular formula is C19H19F3O4. The largest absolute Gasteiger partial charge is 0.493 e. The monoisotopic (exact) mass is 368 g/mol. The molecule has 0 amide bonds. The first-order valence-electron chi connectivity index (χ1n) is 7.86. The minimum absolute atomic E-state index is 0.0772. The van der Waals surface area contributed by atoms with Crippen molar-refractivity contribution < 1.29 is 32.2 Å². The summed E-state index contributed by atoms with van der Waals surface area (Å²) in [6, 6.07) is 9.89. The first-order valence-corrected chi connectivity index (χ1v) is 7.86. The Hall–Kier alpha value is -2.70. The average Bonchev–Trinajstić information content (AvgIpc) is 2.63. The second kappa shape index (κ2) is 8.60. The van der Waals surface area contributed by atoms with Crippen molar-refractivity contribution in [1.82, 2.24) is 0 Å². The second-order valence-corrected chi connectivity index (χ2v) is 5.51. The number of ether oxygens (including phenoxy) is 3. The standard InChI is InChI=1S/C19H19F3O4/c1-24-16-5-3-4-14(18(16)25-2)8-11-17(23)26-12-13-6-9-15(10-7-13)19(20,21)22/h3-7,9-10H,8,11-12H2,1-2H3. The highest BCUT2D eigenvalue weighted by atomic mass is 19.4. The van der Waals surface area contributed by atoms with Gasteiger partial charge in [0.05, 0.1) is 19.8 Å². The Bertz CT molecular complexity index is 739. The Morgan fingerprint density at radius 2 is 1.69 bits per heavy atom. The second-order valence-electron chi connectivity index (χ2n) is 5.51. The van der Waals surface area contributed by atoms with Crippen LogP contribution in [0.2, 0.25) is 0 Å². The summed E-state index contributed by atoms with van der Waals surface area (Å²) in [5, 5.41) is 0. The number of benzene rings is 2. The number of hydrogen-bond donors (Lipinski definition) is 0. The topological polar surface area (TPSA) is 44.8 Å². The van der Waals surface area contributed by atoms with Gasteiger partial charge >= 0.3 is 12.1 Å². The van der Waals surface area contributed by atoms with E-state index in [1.807, 2.05) is 6.07 Å². The molecule has 140 valence electrons. The number of carbonyl (C=O) groups is 1. The predicted octanol–water partition coefficient (Wildman–Crippen LogP) is 4.40. The molecule has 0 fully saturated rings. The van der Waals surface area contributed by atoms with E-state index in [9.17, 15) is 18.0 Å². The molecule has 0 saturated heterocycles. The van der Waals surface area contributed by atoms with Gasteiger partial charge in [-0.2, -0.15) is 13.2 Å². The van der Waals surface area contributed by atoms with E-state index in [1.165, 1.54) is 26.4 Å². The third-order valence-corrected chi connectivity index (χ3v) is 3.76. The lowest BCUT2D eigenvalue weighted by molar-refractivity contribution is -0.145. The number of halogens is 3. The molecule has 0 spiro atoms. The molecule has 26 heavy (non-hydrogen) atoms.